The molecule has 0 aliphatic carbocycles. The highest BCUT2D eigenvalue weighted by Crippen LogP contribution is 2.39. The Hall–Kier alpha value is -2.02. The minimum absolute atomic E-state index is 0.109. The first-order valence-corrected chi connectivity index (χ1v) is 8.92. The van der Waals surface area contributed by atoms with E-state index in [2.05, 4.69) is 9.88 Å². The van der Waals surface area contributed by atoms with Crippen molar-refractivity contribution in [2.24, 2.45) is 5.41 Å². The van der Waals surface area contributed by atoms with Gasteiger partial charge in [0.25, 0.3) is 5.56 Å². The number of hydrogen-bond acceptors (Lipinski definition) is 5. The van der Waals surface area contributed by atoms with Gasteiger partial charge in [0.05, 0.1) is 30.8 Å². The van der Waals surface area contributed by atoms with Gasteiger partial charge in [-0.05, 0) is 19.0 Å². The summed E-state index contributed by atoms with van der Waals surface area (Å²) in [5, 5.41) is 20.7. The SMILES string of the molecule is CN1CCC(O)(Cn2cnc(-c3ccccc3CO)cc2=O)C(C)(C)C1. The van der Waals surface area contributed by atoms with Gasteiger partial charge in [0.15, 0.2) is 0 Å². The van der Waals surface area contributed by atoms with E-state index in [1.807, 2.05) is 45.2 Å². The van der Waals surface area contributed by atoms with Crippen molar-refractivity contribution in [2.75, 3.05) is 20.1 Å². The van der Waals surface area contributed by atoms with E-state index >= 15 is 0 Å². The number of aromatic nitrogens is 2. The van der Waals surface area contributed by atoms with Crippen LogP contribution in [0.4, 0.5) is 0 Å². The van der Waals surface area contributed by atoms with Gasteiger partial charge < -0.3 is 15.1 Å². The van der Waals surface area contributed by atoms with Crippen LogP contribution in [0.1, 0.15) is 25.8 Å². The number of aliphatic hydroxyl groups is 2. The van der Waals surface area contributed by atoms with Gasteiger partial charge >= 0.3 is 0 Å². The molecule has 2 aromatic rings. The van der Waals surface area contributed by atoms with Crippen molar-refractivity contribution < 1.29 is 10.2 Å². The first-order valence-electron chi connectivity index (χ1n) is 8.92. The van der Waals surface area contributed by atoms with Crippen LogP contribution >= 0.6 is 0 Å². The maximum absolute atomic E-state index is 12.6. The summed E-state index contributed by atoms with van der Waals surface area (Å²) in [6, 6.07) is 8.82. The molecule has 1 saturated heterocycles. The Morgan fingerprint density at radius 3 is 2.65 bits per heavy atom. The number of aliphatic hydroxyl groups excluding tert-OH is 1. The first kappa shape index (κ1) is 18.8. The number of hydrogen-bond donors (Lipinski definition) is 2. The highest BCUT2D eigenvalue weighted by atomic mass is 16.3. The molecule has 140 valence electrons. The van der Waals surface area contributed by atoms with Gasteiger partial charge in [0.2, 0.25) is 0 Å². The number of likely N-dealkylation sites (tertiary alicyclic amines) is 1. The monoisotopic (exact) mass is 357 g/mol. The molecule has 0 saturated carbocycles. The average molecular weight is 357 g/mol. The molecule has 3 rings (SSSR count). The van der Waals surface area contributed by atoms with Crippen LogP contribution in [0.2, 0.25) is 0 Å². The zero-order chi connectivity index (χ0) is 18.9. The van der Waals surface area contributed by atoms with E-state index in [9.17, 15) is 15.0 Å². The molecule has 1 aliphatic rings. The Morgan fingerprint density at radius 1 is 1.27 bits per heavy atom. The smallest absolute Gasteiger partial charge is 0.253 e. The molecule has 0 amide bonds. The molecular weight excluding hydrogens is 330 g/mol. The lowest BCUT2D eigenvalue weighted by atomic mass is 9.70. The number of rotatable bonds is 4. The van der Waals surface area contributed by atoms with Gasteiger partial charge in [0.1, 0.15) is 0 Å². The standard InChI is InChI=1S/C20H27N3O3/c1-19(2)12-22(3)9-8-20(19,26)13-23-14-21-17(10-18(23)25)16-7-5-4-6-15(16)11-24/h4-7,10,14,24,26H,8-9,11-13H2,1-3H3. The maximum atomic E-state index is 12.6. The second kappa shape index (κ2) is 6.95. The molecule has 26 heavy (non-hydrogen) atoms. The summed E-state index contributed by atoms with van der Waals surface area (Å²) in [6.07, 6.45) is 2.11. The lowest BCUT2D eigenvalue weighted by Crippen LogP contribution is -2.59. The molecule has 0 bridgehead atoms. The van der Waals surface area contributed by atoms with E-state index in [0.29, 0.717) is 12.1 Å². The quantitative estimate of drug-likeness (QED) is 0.867. The molecule has 1 aromatic heterocycles. The Balaban J connectivity index is 1.90. The summed E-state index contributed by atoms with van der Waals surface area (Å²) >= 11 is 0. The maximum Gasteiger partial charge on any atom is 0.253 e. The highest BCUT2D eigenvalue weighted by molar-refractivity contribution is 5.62. The van der Waals surface area contributed by atoms with Crippen molar-refractivity contribution in [2.45, 2.75) is 39.0 Å². The van der Waals surface area contributed by atoms with Crippen LogP contribution in [-0.4, -0.2) is 50.4 Å². The Morgan fingerprint density at radius 2 is 2.00 bits per heavy atom. The predicted molar refractivity (Wildman–Crippen MR) is 101 cm³/mol. The van der Waals surface area contributed by atoms with E-state index < -0.39 is 5.60 Å². The molecule has 6 heteroatoms. The number of benzene rings is 1. The molecule has 1 aliphatic heterocycles. The van der Waals surface area contributed by atoms with Crippen LogP contribution in [0.15, 0.2) is 41.5 Å². The van der Waals surface area contributed by atoms with Gasteiger partial charge in [0, 0.05) is 30.1 Å². The topological polar surface area (TPSA) is 78.6 Å². The van der Waals surface area contributed by atoms with Crippen molar-refractivity contribution in [1.29, 1.82) is 0 Å². The molecule has 2 N–H and O–H groups in total. The first-order chi connectivity index (χ1) is 12.3. The third-order valence-electron chi connectivity index (χ3n) is 5.61. The van der Waals surface area contributed by atoms with Crippen LogP contribution in [0, 0.1) is 5.41 Å². The lowest BCUT2D eigenvalue weighted by molar-refractivity contribution is -0.124. The van der Waals surface area contributed by atoms with E-state index in [-0.39, 0.29) is 24.1 Å². The van der Waals surface area contributed by atoms with Crippen LogP contribution < -0.4 is 5.56 Å². The molecule has 1 fully saturated rings. The summed E-state index contributed by atoms with van der Waals surface area (Å²) < 4.78 is 1.48. The summed E-state index contributed by atoms with van der Waals surface area (Å²) in [5.74, 6) is 0. The molecule has 2 heterocycles. The average Bonchev–Trinajstić information content (AvgIpc) is 2.60. The second-order valence-corrected chi connectivity index (χ2v) is 7.96. The van der Waals surface area contributed by atoms with Crippen molar-refractivity contribution in [1.82, 2.24) is 14.5 Å². The van der Waals surface area contributed by atoms with Gasteiger partial charge in [-0.15, -0.1) is 0 Å². The van der Waals surface area contributed by atoms with Gasteiger partial charge in [-0.25, -0.2) is 4.98 Å². The zero-order valence-electron chi connectivity index (χ0n) is 15.6. The largest absolute Gasteiger partial charge is 0.392 e. The van der Waals surface area contributed by atoms with Crippen LogP contribution in [-0.2, 0) is 13.2 Å². The molecule has 1 unspecified atom stereocenters. The molecule has 1 atom stereocenters. The molecule has 0 spiro atoms. The van der Waals surface area contributed by atoms with E-state index in [1.165, 1.54) is 17.0 Å². The Kier molecular flexibility index (Phi) is 5.01. The van der Waals surface area contributed by atoms with Crippen molar-refractivity contribution in [3.63, 3.8) is 0 Å². The molecule has 1 aromatic carbocycles. The van der Waals surface area contributed by atoms with Crippen molar-refractivity contribution in [3.8, 4) is 11.3 Å². The molecular formula is C20H27N3O3. The Bertz CT molecular complexity index is 846. The molecule has 6 nitrogen and oxygen atoms in total. The zero-order valence-corrected chi connectivity index (χ0v) is 15.6. The minimum Gasteiger partial charge on any atom is -0.392 e. The second-order valence-electron chi connectivity index (χ2n) is 7.96. The summed E-state index contributed by atoms with van der Waals surface area (Å²) in [5.41, 5.74) is 0.512. The Labute approximate surface area is 153 Å². The van der Waals surface area contributed by atoms with Crippen LogP contribution in [0.25, 0.3) is 11.3 Å². The summed E-state index contributed by atoms with van der Waals surface area (Å²) in [6.45, 7) is 5.75. The van der Waals surface area contributed by atoms with E-state index in [1.54, 1.807) is 0 Å². The van der Waals surface area contributed by atoms with Crippen molar-refractivity contribution >= 4 is 0 Å². The molecule has 0 radical (unpaired) electrons. The van der Waals surface area contributed by atoms with E-state index in [4.69, 9.17) is 0 Å². The fraction of sp³-hybridized carbons (Fsp3) is 0.500. The minimum atomic E-state index is -0.963. The summed E-state index contributed by atoms with van der Waals surface area (Å²) in [7, 11) is 2.04. The highest BCUT2D eigenvalue weighted by Gasteiger charge is 2.47. The van der Waals surface area contributed by atoms with Gasteiger partial charge in [-0.3, -0.25) is 9.36 Å². The third-order valence-corrected chi connectivity index (χ3v) is 5.61. The fourth-order valence-electron chi connectivity index (χ4n) is 3.79. The van der Waals surface area contributed by atoms with Crippen LogP contribution in [0.3, 0.4) is 0 Å². The van der Waals surface area contributed by atoms with Crippen LogP contribution in [0.5, 0.6) is 0 Å². The normalized spacial score (nSPS) is 23.1. The third kappa shape index (κ3) is 3.45. The van der Waals surface area contributed by atoms with Gasteiger partial charge in [-0.2, -0.15) is 0 Å². The fourth-order valence-corrected chi connectivity index (χ4v) is 3.79. The number of piperidine rings is 1. The van der Waals surface area contributed by atoms with Crippen molar-refractivity contribution in [3.05, 3.63) is 52.6 Å². The van der Waals surface area contributed by atoms with Gasteiger partial charge in [-0.1, -0.05) is 38.1 Å². The predicted octanol–water partition coefficient (Wildman–Crippen LogP) is 1.50. The summed E-state index contributed by atoms with van der Waals surface area (Å²) in [4.78, 5) is 19.3. The lowest BCUT2D eigenvalue weighted by Gasteiger charge is -2.49. The van der Waals surface area contributed by atoms with E-state index in [0.717, 1.165) is 24.2 Å². The number of nitrogens with zero attached hydrogens (tertiary/aromatic N) is 3.